The van der Waals surface area contributed by atoms with E-state index in [1.165, 1.54) is 22.6 Å². The van der Waals surface area contributed by atoms with E-state index in [0.717, 1.165) is 75.3 Å². The van der Waals surface area contributed by atoms with Crippen LogP contribution in [0.15, 0.2) is 60.7 Å². The molecule has 2 aromatic rings. The molecule has 3 aliphatic carbocycles. The molecule has 4 unspecified atom stereocenters. The minimum Gasteiger partial charge on any atom is -0.282 e. The third-order valence-corrected chi connectivity index (χ3v) is 12.1. The highest BCUT2D eigenvalue weighted by molar-refractivity contribution is 6.13. The minimum absolute atomic E-state index is 0.253. The molecule has 2 bridgehead atoms. The molecule has 0 aromatic heterocycles. The molecule has 4 atom stereocenters. The van der Waals surface area contributed by atoms with Crippen LogP contribution in [0.5, 0.6) is 0 Å². The van der Waals surface area contributed by atoms with Crippen LogP contribution >= 0.6 is 0 Å². The van der Waals surface area contributed by atoms with Crippen LogP contribution in [0.25, 0.3) is 0 Å². The molecule has 0 radical (unpaired) electrons. The Labute approximate surface area is 298 Å². The summed E-state index contributed by atoms with van der Waals surface area (Å²) in [5.41, 5.74) is 0.447. The van der Waals surface area contributed by atoms with E-state index in [1.807, 2.05) is 60.7 Å². The summed E-state index contributed by atoms with van der Waals surface area (Å²) in [6.45, 7) is 5.01. The topological polar surface area (TPSA) is 74.8 Å². The van der Waals surface area contributed by atoms with Gasteiger partial charge in [-0.1, -0.05) is 126 Å². The lowest BCUT2D eigenvalue weighted by Gasteiger charge is -2.59. The van der Waals surface area contributed by atoms with Gasteiger partial charge in [-0.05, 0) is 48.2 Å². The molecule has 7 rings (SSSR count). The van der Waals surface area contributed by atoms with Crippen molar-refractivity contribution in [3.05, 3.63) is 82.9 Å². The Balaban J connectivity index is 1.47. The van der Waals surface area contributed by atoms with Crippen molar-refractivity contribution in [3.63, 3.8) is 0 Å². The van der Waals surface area contributed by atoms with Crippen molar-refractivity contribution in [2.24, 2.45) is 23.7 Å². The number of carbonyl (C=O) groups is 4. The Bertz CT molecular complexity index is 1550. The summed E-state index contributed by atoms with van der Waals surface area (Å²) in [5, 5.41) is 0. The van der Waals surface area contributed by atoms with Gasteiger partial charge in [0.25, 0.3) is 0 Å². The van der Waals surface area contributed by atoms with Gasteiger partial charge in [0.2, 0.25) is 23.6 Å². The predicted molar refractivity (Wildman–Crippen MR) is 195 cm³/mol. The summed E-state index contributed by atoms with van der Waals surface area (Å²) < 4.78 is 0. The molecule has 4 amide bonds. The molecule has 2 aliphatic heterocycles. The SMILES string of the molecule is C#Cc1ccc(C23C=CC(c4ccc(C#C)cc4)(C4C(=O)N(CCCCCCCC)C(=O)C42)C2C(=O)N(CCCCCCCC)C(=O)C23)cc1. The number of benzene rings is 2. The van der Waals surface area contributed by atoms with Crippen molar-refractivity contribution >= 4 is 23.6 Å². The summed E-state index contributed by atoms with van der Waals surface area (Å²) >= 11 is 0. The average molecular weight is 671 g/mol. The number of unbranched alkanes of at least 4 members (excludes halogenated alkanes) is 10. The van der Waals surface area contributed by atoms with Gasteiger partial charge in [-0.25, -0.2) is 0 Å². The summed E-state index contributed by atoms with van der Waals surface area (Å²) in [6, 6.07) is 14.8. The molecule has 2 heterocycles. The van der Waals surface area contributed by atoms with E-state index in [0.29, 0.717) is 24.2 Å². The first kappa shape index (κ1) is 35.4. The van der Waals surface area contributed by atoms with Crippen molar-refractivity contribution in [2.75, 3.05) is 13.1 Å². The van der Waals surface area contributed by atoms with Crippen LogP contribution in [-0.4, -0.2) is 46.5 Å². The van der Waals surface area contributed by atoms with Crippen LogP contribution in [0.3, 0.4) is 0 Å². The lowest BCUT2D eigenvalue weighted by Crippen LogP contribution is -2.66. The maximum absolute atomic E-state index is 14.8. The Kier molecular flexibility index (Phi) is 10.5. The average Bonchev–Trinajstić information content (AvgIpc) is 3.57. The monoisotopic (exact) mass is 670 g/mol. The summed E-state index contributed by atoms with van der Waals surface area (Å²) in [7, 11) is 0. The van der Waals surface area contributed by atoms with Crippen LogP contribution in [0.1, 0.15) is 113 Å². The molecule has 2 aromatic carbocycles. The van der Waals surface area contributed by atoms with E-state index >= 15 is 0 Å². The van der Waals surface area contributed by atoms with Gasteiger partial charge < -0.3 is 0 Å². The number of allylic oxidation sites excluding steroid dienone is 2. The molecule has 1 saturated carbocycles. The summed E-state index contributed by atoms with van der Waals surface area (Å²) in [5.74, 6) is 0.914. The lowest BCUT2D eigenvalue weighted by molar-refractivity contribution is -0.143. The molecule has 6 nitrogen and oxygen atoms in total. The number of nitrogens with zero attached hydrogens (tertiary/aromatic N) is 2. The summed E-state index contributed by atoms with van der Waals surface area (Å²) in [6.07, 6.45) is 27.7. The molecule has 260 valence electrons. The van der Waals surface area contributed by atoms with E-state index in [1.54, 1.807) is 0 Å². The quantitative estimate of drug-likeness (QED) is 0.0812. The van der Waals surface area contributed by atoms with Crippen molar-refractivity contribution < 1.29 is 19.2 Å². The highest BCUT2D eigenvalue weighted by Gasteiger charge is 2.79. The Hall–Kier alpha value is -4.42. The van der Waals surface area contributed by atoms with Crippen molar-refractivity contribution in [3.8, 4) is 24.7 Å². The zero-order valence-electron chi connectivity index (χ0n) is 29.7. The minimum atomic E-state index is -1.19. The number of likely N-dealkylation sites (tertiary alicyclic amines) is 2. The Morgan fingerprint density at radius 3 is 1.10 bits per heavy atom. The first-order chi connectivity index (χ1) is 24.3. The molecule has 2 saturated heterocycles. The van der Waals surface area contributed by atoms with E-state index in [4.69, 9.17) is 12.8 Å². The Morgan fingerprint density at radius 2 is 0.800 bits per heavy atom. The third kappa shape index (κ3) is 5.62. The van der Waals surface area contributed by atoms with E-state index in [-0.39, 0.29) is 23.6 Å². The van der Waals surface area contributed by atoms with Crippen molar-refractivity contribution in [2.45, 2.75) is 102 Å². The van der Waals surface area contributed by atoms with Crippen LogP contribution in [0.4, 0.5) is 0 Å². The van der Waals surface area contributed by atoms with E-state index < -0.39 is 34.5 Å². The molecule has 3 fully saturated rings. The number of carbonyl (C=O) groups excluding carboxylic acids is 4. The van der Waals surface area contributed by atoms with Crippen molar-refractivity contribution in [1.82, 2.24) is 9.80 Å². The highest BCUT2D eigenvalue weighted by Crippen LogP contribution is 2.69. The van der Waals surface area contributed by atoms with Crippen LogP contribution < -0.4 is 0 Å². The molecule has 5 aliphatic rings. The van der Waals surface area contributed by atoms with Crippen LogP contribution in [0.2, 0.25) is 0 Å². The lowest BCUT2D eigenvalue weighted by atomic mass is 9.39. The zero-order chi connectivity index (χ0) is 35.5. The number of hydrogen-bond acceptors (Lipinski definition) is 4. The van der Waals surface area contributed by atoms with Crippen molar-refractivity contribution in [1.29, 1.82) is 0 Å². The van der Waals surface area contributed by atoms with Gasteiger partial charge in [-0.15, -0.1) is 12.8 Å². The van der Waals surface area contributed by atoms with Gasteiger partial charge in [0, 0.05) is 35.0 Å². The number of imide groups is 2. The molecule has 50 heavy (non-hydrogen) atoms. The van der Waals surface area contributed by atoms with Crippen LogP contribution in [-0.2, 0) is 30.0 Å². The van der Waals surface area contributed by atoms with Gasteiger partial charge in [0.15, 0.2) is 0 Å². The second-order valence-electron chi connectivity index (χ2n) is 14.7. The van der Waals surface area contributed by atoms with E-state index in [2.05, 4.69) is 25.7 Å². The molecule has 0 N–H and O–H groups in total. The van der Waals surface area contributed by atoms with Crippen LogP contribution in [0, 0.1) is 48.4 Å². The highest BCUT2D eigenvalue weighted by atomic mass is 16.2. The Morgan fingerprint density at radius 1 is 0.500 bits per heavy atom. The van der Waals surface area contributed by atoms with Gasteiger partial charge in [0.05, 0.1) is 23.7 Å². The molecule has 6 heteroatoms. The normalized spacial score (nSPS) is 27.8. The van der Waals surface area contributed by atoms with Gasteiger partial charge in [0.1, 0.15) is 0 Å². The van der Waals surface area contributed by atoms with Gasteiger partial charge in [-0.3, -0.25) is 29.0 Å². The predicted octanol–water partition coefficient (Wildman–Crippen LogP) is 7.33. The number of rotatable bonds is 16. The molecule has 0 spiro atoms. The summed E-state index contributed by atoms with van der Waals surface area (Å²) in [4.78, 5) is 62.3. The number of terminal acetylenes is 2. The maximum Gasteiger partial charge on any atom is 0.234 e. The first-order valence-corrected chi connectivity index (χ1v) is 18.9. The second kappa shape index (κ2) is 14.8. The fourth-order valence-corrected chi connectivity index (χ4v) is 9.62. The largest absolute Gasteiger partial charge is 0.282 e. The first-order valence-electron chi connectivity index (χ1n) is 18.9. The van der Waals surface area contributed by atoms with E-state index in [9.17, 15) is 19.2 Å². The number of hydrogen-bond donors (Lipinski definition) is 0. The maximum atomic E-state index is 14.8. The molecular weight excluding hydrogens is 620 g/mol. The fraction of sp³-hybridized carbons (Fsp3) is 0.500. The zero-order valence-corrected chi connectivity index (χ0v) is 29.7. The fourth-order valence-electron chi connectivity index (χ4n) is 9.62. The van der Waals surface area contributed by atoms with Gasteiger partial charge in [-0.2, -0.15) is 0 Å². The smallest absolute Gasteiger partial charge is 0.234 e. The molecular formula is C44H50N2O4. The number of amides is 4. The third-order valence-electron chi connectivity index (χ3n) is 12.1. The second-order valence-corrected chi connectivity index (χ2v) is 14.7. The standard InChI is InChI=1S/C44H50N2O4/c1-5-9-11-13-15-17-29-45-39(47)35-36(40(45)48)44(34-25-21-32(8-4)22-26-34)28-27-43(35,33-23-19-31(7-3)20-24-33)37-38(44)42(50)46(41(37)49)30-18-16-14-12-10-6-2/h3-4,19-28,35-38H,5-6,9-18,29-30H2,1-2H3. The van der Waals surface area contributed by atoms with Gasteiger partial charge >= 0.3 is 0 Å².